The van der Waals surface area contributed by atoms with Crippen LogP contribution in [0.25, 0.3) is 0 Å². The number of amides is 2. The summed E-state index contributed by atoms with van der Waals surface area (Å²) in [5.74, 6) is -2.37. The van der Waals surface area contributed by atoms with Crippen LogP contribution in [0.15, 0.2) is 41.3 Å². The van der Waals surface area contributed by atoms with Gasteiger partial charge in [-0.2, -0.15) is 13.2 Å². The Kier molecular flexibility index (Phi) is 6.76. The highest BCUT2D eigenvalue weighted by molar-refractivity contribution is 7.90. The van der Waals surface area contributed by atoms with Gasteiger partial charge in [-0.3, -0.25) is 9.59 Å². The Morgan fingerprint density at radius 2 is 1.81 bits per heavy atom. The van der Waals surface area contributed by atoms with E-state index >= 15 is 0 Å². The number of nitrogens with zero attached hydrogens (tertiary/aromatic N) is 1. The third-order valence-electron chi connectivity index (χ3n) is 6.55. The van der Waals surface area contributed by atoms with Crippen LogP contribution >= 0.6 is 0 Å². The summed E-state index contributed by atoms with van der Waals surface area (Å²) in [6, 6.07) is 4.25. The van der Waals surface area contributed by atoms with Crippen LogP contribution in [0.5, 0.6) is 0 Å². The lowest BCUT2D eigenvalue weighted by Gasteiger charge is -2.27. The van der Waals surface area contributed by atoms with Gasteiger partial charge >= 0.3 is 6.18 Å². The lowest BCUT2D eigenvalue weighted by Crippen LogP contribution is -2.47. The molecule has 0 aromatic heterocycles. The predicted molar refractivity (Wildman–Crippen MR) is 123 cm³/mol. The lowest BCUT2D eigenvalue weighted by atomic mass is 9.99. The quantitative estimate of drug-likeness (QED) is 0.440. The molecule has 2 amide bonds. The van der Waals surface area contributed by atoms with Gasteiger partial charge in [0.2, 0.25) is 5.91 Å². The molecule has 1 saturated carbocycles. The van der Waals surface area contributed by atoms with Gasteiger partial charge in [-0.05, 0) is 61.9 Å². The Balaban J connectivity index is 1.56. The molecule has 2 atom stereocenters. The van der Waals surface area contributed by atoms with Crippen LogP contribution in [0.1, 0.15) is 53.2 Å². The summed E-state index contributed by atoms with van der Waals surface area (Å²) in [7, 11) is -3.61. The van der Waals surface area contributed by atoms with Crippen molar-refractivity contribution in [2.24, 2.45) is 5.92 Å². The number of carbonyl (C=O) groups is 2. The molecule has 3 N–H and O–H groups in total. The zero-order valence-corrected chi connectivity index (χ0v) is 20.1. The van der Waals surface area contributed by atoms with Gasteiger partial charge in [0.1, 0.15) is 11.9 Å². The molecule has 0 unspecified atom stereocenters. The van der Waals surface area contributed by atoms with E-state index in [-0.39, 0.29) is 34.2 Å². The van der Waals surface area contributed by atoms with E-state index in [0.717, 1.165) is 18.4 Å². The Hall–Kier alpha value is -3.15. The van der Waals surface area contributed by atoms with Gasteiger partial charge in [0.15, 0.2) is 9.84 Å². The molecule has 36 heavy (non-hydrogen) atoms. The first-order chi connectivity index (χ1) is 16.8. The fourth-order valence-corrected chi connectivity index (χ4v) is 5.12. The minimum Gasteiger partial charge on any atom is -0.398 e. The van der Waals surface area contributed by atoms with Gasteiger partial charge < -0.3 is 16.0 Å². The van der Waals surface area contributed by atoms with Crippen LogP contribution in [-0.4, -0.2) is 44.0 Å². The van der Waals surface area contributed by atoms with Crippen LogP contribution in [0.2, 0.25) is 0 Å². The number of hydrogen-bond acceptors (Lipinski definition) is 5. The van der Waals surface area contributed by atoms with E-state index in [1.165, 1.54) is 23.1 Å². The van der Waals surface area contributed by atoms with E-state index in [2.05, 4.69) is 5.32 Å². The summed E-state index contributed by atoms with van der Waals surface area (Å²) in [6.45, 7) is 0.224. The number of likely N-dealkylation sites (tertiary alicyclic amines) is 1. The molecule has 2 aromatic rings. The predicted octanol–water partition coefficient (Wildman–Crippen LogP) is 3.70. The summed E-state index contributed by atoms with van der Waals surface area (Å²) in [6.07, 6.45) is -1.54. The Morgan fingerprint density at radius 1 is 1.11 bits per heavy atom. The average molecular weight is 528 g/mol. The molecule has 2 aliphatic rings. The molecule has 12 heteroatoms. The number of benzene rings is 2. The number of nitrogens with two attached hydrogens (primary N) is 1. The Morgan fingerprint density at radius 3 is 2.39 bits per heavy atom. The number of rotatable bonds is 6. The molecule has 1 aliphatic carbocycles. The van der Waals surface area contributed by atoms with Crippen molar-refractivity contribution >= 4 is 27.3 Å². The number of halogens is 4. The molecule has 194 valence electrons. The number of nitrogen functional groups attached to an aromatic ring is 1. The molecule has 1 heterocycles. The molecule has 0 bridgehead atoms. The van der Waals surface area contributed by atoms with Crippen molar-refractivity contribution < 1.29 is 35.6 Å². The summed E-state index contributed by atoms with van der Waals surface area (Å²) in [4.78, 5) is 27.7. The van der Waals surface area contributed by atoms with E-state index in [0.29, 0.717) is 31.7 Å². The number of anilines is 1. The highest BCUT2D eigenvalue weighted by Crippen LogP contribution is 2.43. The lowest BCUT2D eigenvalue weighted by molar-refractivity contribution is -0.137. The first-order valence-electron chi connectivity index (χ1n) is 11.3. The van der Waals surface area contributed by atoms with Gasteiger partial charge in [-0.1, -0.05) is 6.07 Å². The number of carbonyl (C=O) groups excluding carboxylic acids is 2. The van der Waals surface area contributed by atoms with Gasteiger partial charge in [0.05, 0.1) is 22.1 Å². The summed E-state index contributed by atoms with van der Waals surface area (Å²) in [5.41, 5.74) is 4.77. The second-order valence-corrected chi connectivity index (χ2v) is 11.3. The van der Waals surface area contributed by atoms with Crippen molar-refractivity contribution in [2.75, 3.05) is 18.5 Å². The van der Waals surface area contributed by atoms with E-state index in [9.17, 15) is 35.6 Å². The van der Waals surface area contributed by atoms with Crippen molar-refractivity contribution in [1.29, 1.82) is 0 Å². The Labute approximate surface area is 205 Å². The third kappa shape index (κ3) is 5.32. The highest BCUT2D eigenvalue weighted by Gasteiger charge is 2.41. The minimum atomic E-state index is -4.70. The topological polar surface area (TPSA) is 110 Å². The molecular weight excluding hydrogens is 502 g/mol. The van der Waals surface area contributed by atoms with Gasteiger partial charge in [0, 0.05) is 24.1 Å². The maximum absolute atomic E-state index is 14.7. The normalized spacial score (nSPS) is 19.2. The molecule has 1 aliphatic heterocycles. The third-order valence-corrected chi connectivity index (χ3v) is 7.66. The first kappa shape index (κ1) is 25.9. The van der Waals surface area contributed by atoms with Crippen LogP contribution < -0.4 is 11.1 Å². The van der Waals surface area contributed by atoms with E-state index in [1.807, 2.05) is 0 Å². The highest BCUT2D eigenvalue weighted by atomic mass is 32.2. The van der Waals surface area contributed by atoms with Crippen molar-refractivity contribution in [3.8, 4) is 0 Å². The van der Waals surface area contributed by atoms with Gasteiger partial charge in [-0.15, -0.1) is 0 Å². The van der Waals surface area contributed by atoms with E-state index < -0.39 is 51.3 Å². The molecule has 2 fully saturated rings. The second kappa shape index (κ2) is 9.38. The Bertz CT molecular complexity index is 1310. The van der Waals surface area contributed by atoms with Crippen LogP contribution in [-0.2, 0) is 20.8 Å². The largest absolute Gasteiger partial charge is 0.416 e. The van der Waals surface area contributed by atoms with Crippen molar-refractivity contribution in [3.05, 3.63) is 58.9 Å². The van der Waals surface area contributed by atoms with Gasteiger partial charge in [0.25, 0.3) is 5.91 Å². The van der Waals surface area contributed by atoms with Crippen LogP contribution in [0, 0.1) is 11.7 Å². The maximum atomic E-state index is 14.7. The zero-order valence-electron chi connectivity index (χ0n) is 19.3. The fraction of sp³-hybridized carbons (Fsp3) is 0.417. The van der Waals surface area contributed by atoms with Gasteiger partial charge in [-0.25, -0.2) is 12.8 Å². The zero-order chi connectivity index (χ0) is 26.4. The van der Waals surface area contributed by atoms with Crippen LogP contribution in [0.3, 0.4) is 0 Å². The maximum Gasteiger partial charge on any atom is 0.416 e. The molecule has 0 radical (unpaired) electrons. The SMILES string of the molecule is CS(=O)(=O)c1ccc(N)c(C(=O)N2CCC[C@@H]2C(=O)N[C@@H](c2ccc(C(F)(F)F)cc2F)C2CC2)c1. The minimum absolute atomic E-state index is 0.0418. The molecule has 7 nitrogen and oxygen atoms in total. The number of nitrogens with one attached hydrogen (secondary N) is 1. The summed E-state index contributed by atoms with van der Waals surface area (Å²) >= 11 is 0. The smallest absolute Gasteiger partial charge is 0.398 e. The average Bonchev–Trinajstić information content (AvgIpc) is 3.51. The molecular formula is C24H25F4N3O4S. The first-order valence-corrected chi connectivity index (χ1v) is 13.2. The van der Waals surface area contributed by atoms with E-state index in [4.69, 9.17) is 5.73 Å². The molecule has 4 rings (SSSR count). The molecule has 1 saturated heterocycles. The van der Waals surface area contributed by atoms with E-state index in [1.54, 1.807) is 0 Å². The summed E-state index contributed by atoms with van der Waals surface area (Å²) < 4.78 is 77.4. The van der Waals surface area contributed by atoms with Crippen LogP contribution in [0.4, 0.5) is 23.2 Å². The van der Waals surface area contributed by atoms with Crippen molar-refractivity contribution in [3.63, 3.8) is 0 Å². The number of hydrogen-bond donors (Lipinski definition) is 2. The standard InChI is InChI=1S/C24H25F4N3O4S/c1-36(34,35)15-7-9-19(29)17(12-15)23(33)31-10-2-3-20(31)22(32)30-21(13-4-5-13)16-8-6-14(11-18(16)25)24(26,27)28/h6-9,11-13,20-21H,2-5,10,29H2,1H3,(H,30,32)/t20-,21-/m1/s1. The monoisotopic (exact) mass is 527 g/mol. The van der Waals surface area contributed by atoms with Crippen molar-refractivity contribution in [1.82, 2.24) is 10.2 Å². The fourth-order valence-electron chi connectivity index (χ4n) is 4.47. The summed E-state index contributed by atoms with van der Waals surface area (Å²) in [5, 5.41) is 2.74. The number of sulfone groups is 1. The molecule has 0 spiro atoms. The molecule has 2 aromatic carbocycles. The number of alkyl halides is 3. The van der Waals surface area contributed by atoms with Crippen molar-refractivity contribution in [2.45, 2.75) is 48.8 Å². The second-order valence-electron chi connectivity index (χ2n) is 9.24.